The zero-order valence-electron chi connectivity index (χ0n) is 17.1. The number of amides is 1. The van der Waals surface area contributed by atoms with Crippen LogP contribution in [0.4, 0.5) is 0 Å². The highest BCUT2D eigenvalue weighted by atomic mass is 16.5. The van der Waals surface area contributed by atoms with E-state index < -0.39 is 0 Å². The molecule has 4 rings (SSSR count). The zero-order chi connectivity index (χ0) is 19.5. The standard InChI is InChI=1S/C21H31N5O2/c1-3-26-16(2)18(15-22-26)20-14-19(23-28-20)21(27)25-12-5-4-8-17(25)9-13-24-10-6-7-11-24/h14-15,17H,3-13H2,1-2H3/t17-/m1/s1. The van der Waals surface area contributed by atoms with E-state index in [9.17, 15) is 4.79 Å². The molecule has 2 aromatic rings. The molecule has 0 radical (unpaired) electrons. The van der Waals surface area contributed by atoms with E-state index >= 15 is 0 Å². The van der Waals surface area contributed by atoms with Crippen molar-refractivity contribution in [2.45, 2.75) is 65.0 Å². The van der Waals surface area contributed by atoms with Crippen molar-refractivity contribution in [3.8, 4) is 11.3 Å². The van der Waals surface area contributed by atoms with E-state index in [1.807, 2.05) is 16.5 Å². The first-order valence-electron chi connectivity index (χ1n) is 10.7. The van der Waals surface area contributed by atoms with Crippen LogP contribution in [0.25, 0.3) is 11.3 Å². The lowest BCUT2D eigenvalue weighted by molar-refractivity contribution is 0.0577. The van der Waals surface area contributed by atoms with Crippen molar-refractivity contribution in [3.05, 3.63) is 23.7 Å². The largest absolute Gasteiger partial charge is 0.355 e. The molecule has 7 nitrogen and oxygen atoms in total. The van der Waals surface area contributed by atoms with Crippen molar-refractivity contribution >= 4 is 5.91 Å². The molecule has 0 bridgehead atoms. The minimum atomic E-state index is 0.00154. The summed E-state index contributed by atoms with van der Waals surface area (Å²) in [7, 11) is 0. The molecule has 0 aliphatic carbocycles. The van der Waals surface area contributed by atoms with Crippen molar-refractivity contribution in [2.24, 2.45) is 0 Å². The maximum Gasteiger partial charge on any atom is 0.276 e. The van der Waals surface area contributed by atoms with Gasteiger partial charge in [-0.1, -0.05) is 5.16 Å². The van der Waals surface area contributed by atoms with E-state index in [0.29, 0.717) is 17.5 Å². The Kier molecular flexibility index (Phi) is 5.80. The monoisotopic (exact) mass is 385 g/mol. The van der Waals surface area contributed by atoms with Crippen molar-refractivity contribution in [1.29, 1.82) is 0 Å². The molecule has 1 amide bonds. The van der Waals surface area contributed by atoms with Gasteiger partial charge in [-0.3, -0.25) is 9.48 Å². The Hall–Kier alpha value is -2.15. The first kappa shape index (κ1) is 19.2. The third-order valence-electron chi connectivity index (χ3n) is 6.26. The zero-order valence-corrected chi connectivity index (χ0v) is 17.1. The maximum atomic E-state index is 13.2. The Morgan fingerprint density at radius 2 is 2.00 bits per heavy atom. The van der Waals surface area contributed by atoms with Crippen LogP contribution >= 0.6 is 0 Å². The second-order valence-electron chi connectivity index (χ2n) is 8.02. The van der Waals surface area contributed by atoms with Gasteiger partial charge in [-0.25, -0.2) is 0 Å². The molecule has 0 aromatic carbocycles. The maximum absolute atomic E-state index is 13.2. The third kappa shape index (κ3) is 3.85. The van der Waals surface area contributed by atoms with Gasteiger partial charge < -0.3 is 14.3 Å². The molecule has 2 aliphatic rings. The average molecular weight is 386 g/mol. The summed E-state index contributed by atoms with van der Waals surface area (Å²) < 4.78 is 7.43. The van der Waals surface area contributed by atoms with Gasteiger partial charge in [-0.2, -0.15) is 5.10 Å². The van der Waals surface area contributed by atoms with Crippen LogP contribution in [0.5, 0.6) is 0 Å². The summed E-state index contributed by atoms with van der Waals surface area (Å²) in [6, 6.07) is 2.09. The highest BCUT2D eigenvalue weighted by Gasteiger charge is 2.30. The second-order valence-corrected chi connectivity index (χ2v) is 8.02. The minimum Gasteiger partial charge on any atom is -0.355 e. The number of nitrogens with zero attached hydrogens (tertiary/aromatic N) is 5. The smallest absolute Gasteiger partial charge is 0.276 e. The number of carbonyl (C=O) groups excluding carboxylic acids is 1. The Morgan fingerprint density at radius 1 is 1.21 bits per heavy atom. The molecule has 0 spiro atoms. The molecule has 0 N–H and O–H groups in total. The summed E-state index contributed by atoms with van der Waals surface area (Å²) in [4.78, 5) is 17.7. The fourth-order valence-corrected chi connectivity index (χ4v) is 4.56. The molecule has 1 atom stereocenters. The van der Waals surface area contributed by atoms with Gasteiger partial charge in [-0.15, -0.1) is 0 Å². The first-order valence-corrected chi connectivity index (χ1v) is 10.7. The highest BCUT2D eigenvalue weighted by molar-refractivity contribution is 5.93. The van der Waals surface area contributed by atoms with E-state index in [0.717, 1.165) is 50.2 Å². The van der Waals surface area contributed by atoms with Crippen LogP contribution in [-0.2, 0) is 6.54 Å². The van der Waals surface area contributed by atoms with E-state index in [-0.39, 0.29) is 5.91 Å². The number of likely N-dealkylation sites (tertiary alicyclic amines) is 2. The second kappa shape index (κ2) is 8.47. The summed E-state index contributed by atoms with van der Waals surface area (Å²) in [5, 5.41) is 8.46. The average Bonchev–Trinajstić information content (AvgIpc) is 3.47. The molecular formula is C21H31N5O2. The normalized spacial score (nSPS) is 20.8. The topological polar surface area (TPSA) is 67.4 Å². The van der Waals surface area contributed by atoms with E-state index in [2.05, 4.69) is 22.1 Å². The fourth-order valence-electron chi connectivity index (χ4n) is 4.56. The lowest BCUT2D eigenvalue weighted by Gasteiger charge is -2.36. The molecule has 28 heavy (non-hydrogen) atoms. The SMILES string of the molecule is CCn1ncc(-c2cc(C(=O)N3CCCC[C@@H]3CCN3CCCC3)no2)c1C. The summed E-state index contributed by atoms with van der Waals surface area (Å²) in [6.07, 6.45) is 8.82. The van der Waals surface area contributed by atoms with Crippen molar-refractivity contribution < 1.29 is 9.32 Å². The molecule has 4 heterocycles. The first-order chi connectivity index (χ1) is 13.7. The van der Waals surface area contributed by atoms with Crippen molar-refractivity contribution in [3.63, 3.8) is 0 Å². The Balaban J connectivity index is 1.46. The van der Waals surface area contributed by atoms with E-state index in [4.69, 9.17) is 4.52 Å². The molecule has 2 aliphatic heterocycles. The van der Waals surface area contributed by atoms with Crippen LogP contribution in [0.15, 0.2) is 16.8 Å². The predicted octanol–water partition coefficient (Wildman–Crippen LogP) is 3.35. The molecule has 0 unspecified atom stereocenters. The van der Waals surface area contributed by atoms with Gasteiger partial charge in [0.05, 0.1) is 11.8 Å². The molecule has 2 fully saturated rings. The van der Waals surface area contributed by atoms with E-state index in [1.165, 1.54) is 32.4 Å². The Bertz CT molecular complexity index is 806. The summed E-state index contributed by atoms with van der Waals surface area (Å²) in [5.74, 6) is 0.618. The number of hydrogen-bond donors (Lipinski definition) is 0. The number of hydrogen-bond acceptors (Lipinski definition) is 5. The van der Waals surface area contributed by atoms with Crippen LogP contribution in [0.2, 0.25) is 0 Å². The number of carbonyl (C=O) groups is 1. The van der Waals surface area contributed by atoms with Gasteiger partial charge in [-0.05, 0) is 65.5 Å². The molecule has 152 valence electrons. The highest BCUT2D eigenvalue weighted by Crippen LogP contribution is 2.27. The molecule has 2 saturated heterocycles. The summed E-state index contributed by atoms with van der Waals surface area (Å²) in [6.45, 7) is 9.19. The Labute approximate surface area is 166 Å². The quantitative estimate of drug-likeness (QED) is 0.763. The number of aromatic nitrogens is 3. The lowest BCUT2D eigenvalue weighted by Crippen LogP contribution is -2.45. The molecule has 0 saturated carbocycles. The number of piperidine rings is 1. The van der Waals surface area contributed by atoms with Gasteiger partial charge in [0.2, 0.25) is 0 Å². The molecule has 2 aromatic heterocycles. The predicted molar refractivity (Wildman–Crippen MR) is 107 cm³/mol. The van der Waals surface area contributed by atoms with E-state index in [1.54, 1.807) is 12.3 Å². The van der Waals surface area contributed by atoms with Crippen LogP contribution in [0, 0.1) is 6.92 Å². The van der Waals surface area contributed by atoms with Crippen LogP contribution < -0.4 is 0 Å². The van der Waals surface area contributed by atoms with Crippen LogP contribution in [0.1, 0.15) is 61.6 Å². The van der Waals surface area contributed by atoms with Gasteiger partial charge in [0, 0.05) is 37.4 Å². The fraction of sp³-hybridized carbons (Fsp3) is 0.667. The molecular weight excluding hydrogens is 354 g/mol. The van der Waals surface area contributed by atoms with Crippen LogP contribution in [-0.4, -0.2) is 62.9 Å². The van der Waals surface area contributed by atoms with Crippen molar-refractivity contribution in [1.82, 2.24) is 24.7 Å². The van der Waals surface area contributed by atoms with Gasteiger partial charge >= 0.3 is 0 Å². The minimum absolute atomic E-state index is 0.00154. The van der Waals surface area contributed by atoms with Gasteiger partial charge in [0.1, 0.15) is 0 Å². The summed E-state index contributed by atoms with van der Waals surface area (Å²) >= 11 is 0. The lowest BCUT2D eigenvalue weighted by atomic mass is 9.98. The van der Waals surface area contributed by atoms with Crippen molar-refractivity contribution in [2.75, 3.05) is 26.2 Å². The summed E-state index contributed by atoms with van der Waals surface area (Å²) in [5.41, 5.74) is 2.34. The number of aryl methyl sites for hydroxylation is 1. The Morgan fingerprint density at radius 3 is 2.75 bits per heavy atom. The third-order valence-corrected chi connectivity index (χ3v) is 6.26. The van der Waals surface area contributed by atoms with Gasteiger partial charge in [0.15, 0.2) is 11.5 Å². The van der Waals surface area contributed by atoms with Crippen LogP contribution in [0.3, 0.4) is 0 Å². The molecule has 7 heteroatoms. The van der Waals surface area contributed by atoms with Gasteiger partial charge in [0.25, 0.3) is 5.91 Å². The number of rotatable bonds is 6.